The van der Waals surface area contributed by atoms with Crippen LogP contribution in [0, 0.1) is 11.3 Å². The third-order valence-corrected chi connectivity index (χ3v) is 5.19. The summed E-state index contributed by atoms with van der Waals surface area (Å²) >= 11 is 0. The fourth-order valence-electron chi connectivity index (χ4n) is 4.11. The van der Waals surface area contributed by atoms with Crippen LogP contribution in [-0.2, 0) is 4.74 Å². The predicted molar refractivity (Wildman–Crippen MR) is 74.5 cm³/mol. The van der Waals surface area contributed by atoms with Crippen molar-refractivity contribution in [1.29, 1.82) is 0 Å². The molecule has 1 aliphatic heterocycles. The number of rotatable bonds is 1. The molecule has 1 atom stereocenters. The molecule has 2 rings (SSSR count). The second-order valence-electron chi connectivity index (χ2n) is 8.49. The summed E-state index contributed by atoms with van der Waals surface area (Å²) in [6.45, 7) is 13.2. The highest BCUT2D eigenvalue weighted by atomic mass is 16.5. The van der Waals surface area contributed by atoms with Crippen molar-refractivity contribution in [3.63, 3.8) is 0 Å². The Labute approximate surface area is 112 Å². The first-order valence-electron chi connectivity index (χ1n) is 7.39. The van der Waals surface area contributed by atoms with Gasteiger partial charge in [0.2, 0.25) is 0 Å². The SMILES string of the molecule is CC1(C)CCC(O)(C2CC(C)(C)OC2(C)C)CC1. The van der Waals surface area contributed by atoms with Crippen molar-refractivity contribution in [2.24, 2.45) is 11.3 Å². The zero-order chi connectivity index (χ0) is 13.8. The van der Waals surface area contributed by atoms with E-state index in [2.05, 4.69) is 41.5 Å². The Hall–Kier alpha value is -0.0800. The maximum Gasteiger partial charge on any atom is 0.0704 e. The maximum absolute atomic E-state index is 11.1. The number of aliphatic hydroxyl groups is 1. The van der Waals surface area contributed by atoms with Crippen LogP contribution in [0.25, 0.3) is 0 Å². The summed E-state index contributed by atoms with van der Waals surface area (Å²) in [7, 11) is 0. The van der Waals surface area contributed by atoms with Gasteiger partial charge in [-0.1, -0.05) is 13.8 Å². The van der Waals surface area contributed by atoms with Gasteiger partial charge < -0.3 is 9.84 Å². The van der Waals surface area contributed by atoms with Crippen LogP contribution in [0.1, 0.15) is 73.6 Å². The van der Waals surface area contributed by atoms with Gasteiger partial charge in [-0.3, -0.25) is 0 Å². The largest absolute Gasteiger partial charge is 0.389 e. The first kappa shape index (κ1) is 14.3. The van der Waals surface area contributed by atoms with Gasteiger partial charge in [0.1, 0.15) is 0 Å². The van der Waals surface area contributed by atoms with E-state index in [1.165, 1.54) is 0 Å². The Balaban J connectivity index is 2.17. The lowest BCUT2D eigenvalue weighted by atomic mass is 9.63. The molecular weight excluding hydrogens is 224 g/mol. The van der Waals surface area contributed by atoms with Crippen LogP contribution in [0.2, 0.25) is 0 Å². The fraction of sp³-hybridized carbons (Fsp3) is 1.00. The molecule has 0 aromatic carbocycles. The third kappa shape index (κ3) is 2.60. The number of ether oxygens (including phenoxy) is 1. The van der Waals surface area contributed by atoms with E-state index in [9.17, 15) is 5.11 Å². The average molecular weight is 254 g/mol. The van der Waals surface area contributed by atoms with Gasteiger partial charge in [0.25, 0.3) is 0 Å². The van der Waals surface area contributed by atoms with E-state index in [1.807, 2.05) is 0 Å². The van der Waals surface area contributed by atoms with Gasteiger partial charge >= 0.3 is 0 Å². The van der Waals surface area contributed by atoms with E-state index in [0.29, 0.717) is 5.41 Å². The molecule has 1 heterocycles. The molecule has 0 aromatic rings. The zero-order valence-electron chi connectivity index (χ0n) is 13.0. The van der Waals surface area contributed by atoms with E-state index < -0.39 is 5.60 Å². The molecule has 0 radical (unpaired) electrons. The fourth-order valence-corrected chi connectivity index (χ4v) is 4.11. The van der Waals surface area contributed by atoms with E-state index in [-0.39, 0.29) is 17.1 Å². The van der Waals surface area contributed by atoms with E-state index in [0.717, 1.165) is 32.1 Å². The smallest absolute Gasteiger partial charge is 0.0704 e. The summed E-state index contributed by atoms with van der Waals surface area (Å²) in [6.07, 6.45) is 5.06. The second kappa shape index (κ2) is 3.96. The molecule has 2 aliphatic rings. The van der Waals surface area contributed by atoms with Crippen LogP contribution in [0.5, 0.6) is 0 Å². The first-order valence-corrected chi connectivity index (χ1v) is 7.39. The molecule has 1 aliphatic carbocycles. The van der Waals surface area contributed by atoms with E-state index in [1.54, 1.807) is 0 Å². The summed E-state index contributed by atoms with van der Waals surface area (Å²) in [6, 6.07) is 0. The lowest BCUT2D eigenvalue weighted by Gasteiger charge is -2.46. The van der Waals surface area contributed by atoms with Gasteiger partial charge in [0, 0.05) is 5.92 Å². The summed E-state index contributed by atoms with van der Waals surface area (Å²) in [5.41, 5.74) is -0.436. The molecule has 0 spiro atoms. The van der Waals surface area contributed by atoms with Crippen molar-refractivity contribution in [3.8, 4) is 0 Å². The molecule has 2 heteroatoms. The van der Waals surface area contributed by atoms with Crippen molar-refractivity contribution < 1.29 is 9.84 Å². The van der Waals surface area contributed by atoms with Crippen molar-refractivity contribution in [1.82, 2.24) is 0 Å². The lowest BCUT2D eigenvalue weighted by Crippen LogP contribution is -2.49. The Morgan fingerprint density at radius 3 is 1.78 bits per heavy atom. The van der Waals surface area contributed by atoms with Crippen molar-refractivity contribution in [3.05, 3.63) is 0 Å². The molecule has 1 saturated heterocycles. The molecule has 2 nitrogen and oxygen atoms in total. The van der Waals surface area contributed by atoms with Crippen LogP contribution in [-0.4, -0.2) is 21.9 Å². The molecular formula is C16H30O2. The normalized spacial score (nSPS) is 36.5. The quantitative estimate of drug-likeness (QED) is 0.768. The van der Waals surface area contributed by atoms with Crippen molar-refractivity contribution >= 4 is 0 Å². The molecule has 1 saturated carbocycles. The van der Waals surface area contributed by atoms with Gasteiger partial charge in [0.05, 0.1) is 16.8 Å². The Bertz CT molecular complexity index is 318. The van der Waals surface area contributed by atoms with Crippen molar-refractivity contribution in [2.45, 2.75) is 90.4 Å². The van der Waals surface area contributed by atoms with E-state index >= 15 is 0 Å². The molecule has 2 fully saturated rings. The van der Waals surface area contributed by atoms with Crippen LogP contribution >= 0.6 is 0 Å². The average Bonchev–Trinajstić information content (AvgIpc) is 2.41. The standard InChI is InChI=1S/C16H30O2/c1-13(2)7-9-16(17,10-8-13)12-11-14(3,4)18-15(12,5)6/h12,17H,7-11H2,1-6H3. The molecule has 106 valence electrons. The highest BCUT2D eigenvalue weighted by Crippen LogP contribution is 2.53. The van der Waals surface area contributed by atoms with Gasteiger partial charge in [0.15, 0.2) is 0 Å². The molecule has 1 N–H and O–H groups in total. The predicted octanol–water partition coefficient (Wildman–Crippen LogP) is 3.91. The Morgan fingerprint density at radius 1 is 0.889 bits per heavy atom. The molecule has 0 bridgehead atoms. The van der Waals surface area contributed by atoms with Crippen LogP contribution in [0.4, 0.5) is 0 Å². The Morgan fingerprint density at radius 2 is 1.39 bits per heavy atom. The minimum atomic E-state index is -0.521. The monoisotopic (exact) mass is 254 g/mol. The lowest BCUT2D eigenvalue weighted by molar-refractivity contribution is -0.132. The topological polar surface area (TPSA) is 29.5 Å². The number of hydrogen-bond donors (Lipinski definition) is 1. The highest BCUT2D eigenvalue weighted by Gasteiger charge is 2.55. The molecule has 18 heavy (non-hydrogen) atoms. The zero-order valence-corrected chi connectivity index (χ0v) is 13.0. The summed E-state index contributed by atoms with van der Waals surface area (Å²) < 4.78 is 6.16. The van der Waals surface area contributed by atoms with Crippen LogP contribution in [0.15, 0.2) is 0 Å². The summed E-state index contributed by atoms with van der Waals surface area (Å²) in [5, 5.41) is 11.1. The number of hydrogen-bond acceptors (Lipinski definition) is 2. The maximum atomic E-state index is 11.1. The minimum Gasteiger partial charge on any atom is -0.389 e. The van der Waals surface area contributed by atoms with Gasteiger partial charge in [-0.05, 0) is 65.2 Å². The minimum absolute atomic E-state index is 0.100. The summed E-state index contributed by atoms with van der Waals surface area (Å²) in [5.74, 6) is 0.260. The van der Waals surface area contributed by atoms with Gasteiger partial charge in [-0.2, -0.15) is 0 Å². The molecule has 0 aromatic heterocycles. The second-order valence-corrected chi connectivity index (χ2v) is 8.49. The van der Waals surface area contributed by atoms with Crippen LogP contribution < -0.4 is 0 Å². The van der Waals surface area contributed by atoms with E-state index in [4.69, 9.17) is 4.74 Å². The van der Waals surface area contributed by atoms with Gasteiger partial charge in [-0.25, -0.2) is 0 Å². The molecule has 0 amide bonds. The molecule has 1 unspecified atom stereocenters. The van der Waals surface area contributed by atoms with Gasteiger partial charge in [-0.15, -0.1) is 0 Å². The van der Waals surface area contributed by atoms with Crippen molar-refractivity contribution in [2.75, 3.05) is 0 Å². The third-order valence-electron chi connectivity index (χ3n) is 5.19. The first-order chi connectivity index (χ1) is 7.96. The summed E-state index contributed by atoms with van der Waals surface area (Å²) in [4.78, 5) is 0. The Kier molecular flexibility index (Phi) is 3.15. The highest BCUT2D eigenvalue weighted by molar-refractivity contribution is 5.05. The van der Waals surface area contributed by atoms with Crippen LogP contribution in [0.3, 0.4) is 0 Å².